The van der Waals surface area contributed by atoms with Gasteiger partial charge in [-0.3, -0.25) is 0 Å². The van der Waals surface area contributed by atoms with Crippen molar-refractivity contribution in [2.45, 2.75) is 12.8 Å². The molecule has 4 N–H and O–H groups in total. The molecule has 0 aliphatic heterocycles. The van der Waals surface area contributed by atoms with Gasteiger partial charge in [-0.25, -0.2) is 0 Å². The highest BCUT2D eigenvalue weighted by atomic mass is 16.4. The molecule has 1 rings (SSSR count). The maximum atomic E-state index is 8.64. The lowest BCUT2D eigenvalue weighted by Crippen LogP contribution is -1.98. The summed E-state index contributed by atoms with van der Waals surface area (Å²) in [7, 11) is 0. The highest BCUT2D eigenvalue weighted by Crippen LogP contribution is 2.13. The Bertz CT molecular complexity index is 223. The Morgan fingerprint density at radius 2 is 1.92 bits per heavy atom. The van der Waals surface area contributed by atoms with Crippen LogP contribution in [-0.4, -0.2) is 28.4 Å². The number of anilines is 1. The predicted octanol–water partition coefficient (Wildman–Crippen LogP) is -0.674. The highest BCUT2D eigenvalue weighted by Gasteiger charge is 2.09. The number of nitrogen functional groups attached to an aromatic ring is 1. The van der Waals surface area contributed by atoms with Crippen molar-refractivity contribution in [1.82, 2.24) is 4.98 Å². The van der Waals surface area contributed by atoms with Crippen molar-refractivity contribution in [1.29, 1.82) is 0 Å². The van der Waals surface area contributed by atoms with Crippen LogP contribution in [0.3, 0.4) is 0 Å². The Morgan fingerprint density at radius 1 is 1.25 bits per heavy atom. The molecule has 1 heterocycles. The summed E-state index contributed by atoms with van der Waals surface area (Å²) in [5, 5.41) is 17.3. The molecule has 0 saturated carbocycles. The van der Waals surface area contributed by atoms with E-state index >= 15 is 0 Å². The number of nitrogens with two attached hydrogens (primary N) is 1. The van der Waals surface area contributed by atoms with Crippen LogP contribution in [0.15, 0.2) is 4.42 Å². The number of hydrogen-bond donors (Lipinski definition) is 3. The molecule has 0 atom stereocenters. The van der Waals surface area contributed by atoms with Crippen molar-refractivity contribution in [2.75, 3.05) is 18.9 Å². The topological polar surface area (TPSA) is 92.5 Å². The third kappa shape index (κ3) is 1.96. The zero-order valence-electron chi connectivity index (χ0n) is 6.66. The molecule has 12 heavy (non-hydrogen) atoms. The molecule has 0 saturated heterocycles. The van der Waals surface area contributed by atoms with Crippen LogP contribution >= 0.6 is 0 Å². The van der Waals surface area contributed by atoms with Gasteiger partial charge < -0.3 is 20.4 Å². The zero-order chi connectivity index (χ0) is 8.97. The Hall–Kier alpha value is -1.07. The Morgan fingerprint density at radius 3 is 2.50 bits per heavy atom. The normalized spacial score (nSPS) is 10.5. The molecule has 68 valence electrons. The van der Waals surface area contributed by atoms with E-state index in [-0.39, 0.29) is 19.2 Å². The number of oxazole rings is 1. The van der Waals surface area contributed by atoms with Crippen molar-refractivity contribution in [2.24, 2.45) is 0 Å². The fourth-order valence-corrected chi connectivity index (χ4v) is 1.00. The van der Waals surface area contributed by atoms with E-state index in [4.69, 9.17) is 20.4 Å². The third-order valence-electron chi connectivity index (χ3n) is 1.48. The first-order chi connectivity index (χ1) is 5.77. The second kappa shape index (κ2) is 4.08. The summed E-state index contributed by atoms with van der Waals surface area (Å²) in [5.41, 5.74) is 5.93. The maximum Gasteiger partial charge on any atom is 0.292 e. The first-order valence-electron chi connectivity index (χ1n) is 3.73. The summed E-state index contributed by atoms with van der Waals surface area (Å²) >= 11 is 0. The molecule has 1 aromatic rings. The molecule has 0 bridgehead atoms. The highest BCUT2D eigenvalue weighted by molar-refractivity contribution is 5.20. The van der Waals surface area contributed by atoms with Crippen molar-refractivity contribution in [3.05, 3.63) is 11.5 Å². The van der Waals surface area contributed by atoms with Crippen molar-refractivity contribution >= 4 is 6.01 Å². The van der Waals surface area contributed by atoms with Gasteiger partial charge in [0.05, 0.1) is 12.3 Å². The van der Waals surface area contributed by atoms with Gasteiger partial charge in [-0.1, -0.05) is 0 Å². The van der Waals surface area contributed by atoms with E-state index in [0.717, 1.165) is 0 Å². The molecule has 0 aliphatic rings. The second-order valence-corrected chi connectivity index (χ2v) is 2.37. The van der Waals surface area contributed by atoms with Crippen LogP contribution in [0.1, 0.15) is 11.5 Å². The monoisotopic (exact) mass is 172 g/mol. The van der Waals surface area contributed by atoms with E-state index in [1.165, 1.54) is 0 Å². The van der Waals surface area contributed by atoms with Crippen molar-refractivity contribution in [3.8, 4) is 0 Å². The summed E-state index contributed by atoms with van der Waals surface area (Å²) in [6.45, 7) is -0.00252. The second-order valence-electron chi connectivity index (χ2n) is 2.37. The average Bonchev–Trinajstić information content (AvgIpc) is 2.33. The van der Waals surface area contributed by atoms with E-state index in [2.05, 4.69) is 4.98 Å². The molecule has 0 fully saturated rings. The Kier molecular flexibility index (Phi) is 3.07. The van der Waals surface area contributed by atoms with Gasteiger partial charge in [-0.2, -0.15) is 4.98 Å². The first-order valence-corrected chi connectivity index (χ1v) is 3.73. The van der Waals surface area contributed by atoms with Gasteiger partial charge in [0.2, 0.25) is 0 Å². The van der Waals surface area contributed by atoms with Gasteiger partial charge in [-0.15, -0.1) is 0 Å². The van der Waals surface area contributed by atoms with Crippen LogP contribution in [0.2, 0.25) is 0 Å². The van der Waals surface area contributed by atoms with E-state index < -0.39 is 0 Å². The van der Waals surface area contributed by atoms with Crippen LogP contribution in [0, 0.1) is 0 Å². The summed E-state index contributed by atoms with van der Waals surface area (Å²) in [6.07, 6.45) is 0.801. The minimum atomic E-state index is -0.00688. The van der Waals surface area contributed by atoms with Gasteiger partial charge in [0.15, 0.2) is 0 Å². The van der Waals surface area contributed by atoms with Gasteiger partial charge >= 0.3 is 0 Å². The smallest absolute Gasteiger partial charge is 0.292 e. The fourth-order valence-electron chi connectivity index (χ4n) is 1.00. The molecule has 0 aliphatic carbocycles. The minimum absolute atomic E-state index is 0.00437. The molecule has 1 aromatic heterocycles. The Labute approximate surface area is 69.8 Å². The minimum Gasteiger partial charge on any atom is -0.429 e. The average molecular weight is 172 g/mol. The summed E-state index contributed by atoms with van der Waals surface area (Å²) in [5.74, 6) is 0.559. The number of nitrogens with zero attached hydrogens (tertiary/aromatic N) is 1. The lowest BCUT2D eigenvalue weighted by molar-refractivity contribution is 0.283. The fraction of sp³-hybridized carbons (Fsp3) is 0.571. The number of aliphatic hydroxyl groups is 2. The van der Waals surface area contributed by atoms with Crippen LogP contribution < -0.4 is 5.73 Å². The first kappa shape index (κ1) is 9.02. The van der Waals surface area contributed by atoms with Gasteiger partial charge in [-0.05, 0) is 0 Å². The number of hydrogen-bond acceptors (Lipinski definition) is 5. The van der Waals surface area contributed by atoms with E-state index in [1.54, 1.807) is 0 Å². The van der Waals surface area contributed by atoms with Crippen LogP contribution in [0.25, 0.3) is 0 Å². The third-order valence-corrected chi connectivity index (χ3v) is 1.48. The SMILES string of the molecule is Nc1nc(CCO)c(CCO)o1. The van der Waals surface area contributed by atoms with Gasteiger partial charge in [0, 0.05) is 19.4 Å². The largest absolute Gasteiger partial charge is 0.429 e. The molecule has 0 radical (unpaired) electrons. The van der Waals surface area contributed by atoms with Gasteiger partial charge in [0.25, 0.3) is 6.01 Å². The molecule has 0 spiro atoms. The summed E-state index contributed by atoms with van der Waals surface area (Å²) in [6, 6.07) is 0.0851. The van der Waals surface area contributed by atoms with Crippen molar-refractivity contribution in [3.63, 3.8) is 0 Å². The number of rotatable bonds is 4. The number of aliphatic hydroxyl groups excluding tert-OH is 2. The molecule has 0 amide bonds. The van der Waals surface area contributed by atoms with E-state index in [0.29, 0.717) is 24.3 Å². The summed E-state index contributed by atoms with van der Waals surface area (Å²) in [4.78, 5) is 3.86. The molecule has 5 nitrogen and oxygen atoms in total. The molecule has 0 aromatic carbocycles. The molecular formula is C7H12N2O3. The molecular weight excluding hydrogens is 160 g/mol. The zero-order valence-corrected chi connectivity index (χ0v) is 6.66. The van der Waals surface area contributed by atoms with Gasteiger partial charge in [0.1, 0.15) is 5.76 Å². The van der Waals surface area contributed by atoms with Crippen LogP contribution in [0.4, 0.5) is 6.01 Å². The molecule has 0 unspecified atom stereocenters. The van der Waals surface area contributed by atoms with Crippen LogP contribution in [0.5, 0.6) is 0 Å². The van der Waals surface area contributed by atoms with Crippen molar-refractivity contribution < 1.29 is 14.6 Å². The van der Waals surface area contributed by atoms with E-state index in [9.17, 15) is 0 Å². The van der Waals surface area contributed by atoms with Crippen LogP contribution in [-0.2, 0) is 12.8 Å². The lowest BCUT2D eigenvalue weighted by atomic mass is 10.2. The van der Waals surface area contributed by atoms with E-state index in [1.807, 2.05) is 0 Å². The summed E-state index contributed by atoms with van der Waals surface area (Å²) < 4.78 is 5.00. The lowest BCUT2D eigenvalue weighted by Gasteiger charge is -1.94. The standard InChI is InChI=1S/C7H12N2O3/c8-7-9-5(1-3-10)6(12-7)2-4-11/h10-11H,1-4H2,(H2,8,9). The quantitative estimate of drug-likeness (QED) is 0.560. The Balaban J connectivity index is 2.76. The maximum absolute atomic E-state index is 8.64. The molecule has 5 heteroatoms. The predicted molar refractivity (Wildman–Crippen MR) is 42.5 cm³/mol. The number of aromatic nitrogens is 1.